The lowest BCUT2D eigenvalue weighted by Gasteiger charge is -2.35. The molecular formula is C25H30ClFN2O2S. The maximum Gasteiger partial charge on any atom is 0.212 e. The zero-order chi connectivity index (χ0) is 22.5. The summed E-state index contributed by atoms with van der Waals surface area (Å²) in [6, 6.07) is 11.5. The third kappa shape index (κ3) is 4.74. The predicted octanol–water partition coefficient (Wildman–Crippen LogP) is 4.29. The molecule has 0 amide bonds. The molecule has 172 valence electrons. The first kappa shape index (κ1) is 22.3. The molecule has 2 aromatic rings. The van der Waals surface area contributed by atoms with Crippen LogP contribution >= 0.6 is 11.6 Å². The Hall–Kier alpha value is -1.47. The molecule has 3 atom stereocenters. The second-order valence-corrected chi connectivity index (χ2v) is 12.1. The Kier molecular flexibility index (Phi) is 6.08. The van der Waals surface area contributed by atoms with E-state index < -0.39 is 15.3 Å². The van der Waals surface area contributed by atoms with Crippen LogP contribution in [0.2, 0.25) is 5.02 Å². The summed E-state index contributed by atoms with van der Waals surface area (Å²) in [5.41, 5.74) is 3.88. The number of fused-ring (bicyclic) bond motifs is 1. The van der Waals surface area contributed by atoms with E-state index in [1.165, 1.54) is 12.0 Å². The monoisotopic (exact) mass is 476 g/mol. The third-order valence-corrected chi connectivity index (χ3v) is 9.17. The first-order valence-electron chi connectivity index (χ1n) is 11.6. The van der Waals surface area contributed by atoms with Gasteiger partial charge in [0.2, 0.25) is 10.0 Å². The van der Waals surface area contributed by atoms with Crippen molar-refractivity contribution in [3.63, 3.8) is 0 Å². The van der Waals surface area contributed by atoms with Gasteiger partial charge in [0.25, 0.3) is 0 Å². The number of nitrogens with two attached hydrogens (primary N) is 1. The van der Waals surface area contributed by atoms with Crippen LogP contribution in [0.25, 0.3) is 0 Å². The molecule has 0 radical (unpaired) electrons. The van der Waals surface area contributed by atoms with Crippen molar-refractivity contribution in [2.45, 2.75) is 49.7 Å². The average molecular weight is 477 g/mol. The van der Waals surface area contributed by atoms with Crippen LogP contribution in [0.1, 0.15) is 47.4 Å². The number of sulfonamides is 1. The topological polar surface area (TPSA) is 63.4 Å². The molecule has 1 aliphatic heterocycles. The molecule has 2 aliphatic carbocycles. The first-order valence-corrected chi connectivity index (χ1v) is 13.6. The van der Waals surface area contributed by atoms with E-state index in [9.17, 15) is 8.42 Å². The number of benzene rings is 2. The molecule has 2 fully saturated rings. The van der Waals surface area contributed by atoms with Gasteiger partial charge < -0.3 is 4.90 Å². The van der Waals surface area contributed by atoms with Gasteiger partial charge >= 0.3 is 0 Å². The molecule has 4 nitrogen and oxygen atoms in total. The van der Waals surface area contributed by atoms with Crippen molar-refractivity contribution in [3.8, 4) is 0 Å². The number of rotatable bonds is 8. The van der Waals surface area contributed by atoms with E-state index in [0.717, 1.165) is 61.5 Å². The van der Waals surface area contributed by atoms with E-state index in [4.69, 9.17) is 16.7 Å². The Balaban J connectivity index is 1.46. The number of hydrogen-bond acceptors (Lipinski definition) is 3. The van der Waals surface area contributed by atoms with E-state index in [1.807, 2.05) is 24.3 Å². The second kappa shape index (κ2) is 8.71. The zero-order valence-corrected chi connectivity index (χ0v) is 19.7. The Bertz CT molecular complexity index is 1110. The first-order chi connectivity index (χ1) is 15.3. The molecule has 1 saturated heterocycles. The molecular weight excluding hydrogens is 447 g/mol. The quantitative estimate of drug-likeness (QED) is 0.618. The summed E-state index contributed by atoms with van der Waals surface area (Å²) in [6.07, 6.45) is 4.80. The summed E-state index contributed by atoms with van der Waals surface area (Å²) >= 11 is 6.24. The van der Waals surface area contributed by atoms with Gasteiger partial charge in [-0.15, -0.1) is 0 Å². The van der Waals surface area contributed by atoms with Gasteiger partial charge in [0.15, 0.2) is 0 Å². The van der Waals surface area contributed by atoms with Crippen LogP contribution in [0.15, 0.2) is 36.4 Å². The van der Waals surface area contributed by atoms with Crippen molar-refractivity contribution in [2.75, 3.05) is 19.6 Å². The summed E-state index contributed by atoms with van der Waals surface area (Å²) in [6.45, 7) is 3.28. The van der Waals surface area contributed by atoms with Crippen LogP contribution in [0.4, 0.5) is 4.39 Å². The van der Waals surface area contributed by atoms with Gasteiger partial charge in [0, 0.05) is 11.6 Å². The van der Waals surface area contributed by atoms with Crippen LogP contribution in [0.3, 0.4) is 0 Å². The maximum atomic E-state index is 15.1. The molecule has 5 rings (SSSR count). The molecule has 1 heterocycles. The number of halogens is 2. The van der Waals surface area contributed by atoms with Crippen LogP contribution < -0.4 is 5.14 Å². The maximum absolute atomic E-state index is 15.1. The minimum Gasteiger partial charge on any atom is -0.303 e. The SMILES string of the molecule is NS(=O)(=O)C(Cc1cc2c(cc1F)CC(CN1CCC1)C2Cc1cccc(Cl)c1)C1CC1. The van der Waals surface area contributed by atoms with Gasteiger partial charge in [-0.05, 0) is 110 Å². The Morgan fingerprint density at radius 3 is 2.59 bits per heavy atom. The predicted molar refractivity (Wildman–Crippen MR) is 126 cm³/mol. The molecule has 7 heteroatoms. The lowest BCUT2D eigenvalue weighted by atomic mass is 9.85. The van der Waals surface area contributed by atoms with Crippen LogP contribution in [0, 0.1) is 17.7 Å². The fourth-order valence-corrected chi connectivity index (χ4v) is 6.99. The molecule has 2 N–H and O–H groups in total. The molecule has 0 bridgehead atoms. The van der Waals surface area contributed by atoms with Crippen molar-refractivity contribution >= 4 is 21.6 Å². The largest absolute Gasteiger partial charge is 0.303 e. The van der Waals surface area contributed by atoms with Gasteiger partial charge in [0.05, 0.1) is 5.25 Å². The zero-order valence-electron chi connectivity index (χ0n) is 18.1. The number of likely N-dealkylation sites (tertiary alicyclic amines) is 1. The number of hydrogen-bond donors (Lipinski definition) is 1. The molecule has 3 unspecified atom stereocenters. The van der Waals surface area contributed by atoms with E-state index in [1.54, 1.807) is 6.07 Å². The lowest BCUT2D eigenvalue weighted by Crippen LogP contribution is -2.41. The summed E-state index contributed by atoms with van der Waals surface area (Å²) in [7, 11) is -3.71. The summed E-state index contributed by atoms with van der Waals surface area (Å²) < 4.78 is 39.4. The van der Waals surface area contributed by atoms with Crippen molar-refractivity contribution < 1.29 is 12.8 Å². The molecule has 1 saturated carbocycles. The Labute approximate surface area is 195 Å². The fourth-order valence-electron chi connectivity index (χ4n) is 5.55. The van der Waals surface area contributed by atoms with Crippen LogP contribution in [-0.2, 0) is 29.3 Å². The highest BCUT2D eigenvalue weighted by atomic mass is 35.5. The van der Waals surface area contributed by atoms with Crippen LogP contribution in [-0.4, -0.2) is 38.2 Å². The van der Waals surface area contributed by atoms with E-state index in [-0.39, 0.29) is 24.1 Å². The fraction of sp³-hybridized carbons (Fsp3) is 0.520. The molecule has 2 aromatic carbocycles. The standard InChI is InChI=1S/C25H30ClFN2O2S/c26-21-4-1-3-16(9-21)10-22-20(15-29-7-2-8-29)11-18-13-24(27)19(12-23(18)22)14-25(17-5-6-17)32(28,30)31/h1,3-4,9,12-13,17,20,22,25H,2,5-8,10-11,14-15H2,(H2,28,30,31). The second-order valence-electron chi connectivity index (χ2n) is 9.87. The summed E-state index contributed by atoms with van der Waals surface area (Å²) in [5.74, 6) is 0.428. The van der Waals surface area contributed by atoms with Gasteiger partial charge in [0.1, 0.15) is 5.82 Å². The van der Waals surface area contributed by atoms with E-state index in [2.05, 4.69) is 11.0 Å². The summed E-state index contributed by atoms with van der Waals surface area (Å²) in [5, 5.41) is 5.53. The highest BCUT2D eigenvalue weighted by Crippen LogP contribution is 2.43. The average Bonchev–Trinajstić information content (AvgIpc) is 3.46. The lowest BCUT2D eigenvalue weighted by molar-refractivity contribution is 0.145. The molecule has 0 spiro atoms. The van der Waals surface area contributed by atoms with Gasteiger partial charge in [-0.3, -0.25) is 0 Å². The van der Waals surface area contributed by atoms with Crippen molar-refractivity contribution in [1.82, 2.24) is 4.90 Å². The molecule has 0 aromatic heterocycles. The van der Waals surface area contributed by atoms with Gasteiger partial charge in [-0.25, -0.2) is 17.9 Å². The van der Waals surface area contributed by atoms with Crippen molar-refractivity contribution in [2.24, 2.45) is 17.0 Å². The summed E-state index contributed by atoms with van der Waals surface area (Å²) in [4.78, 5) is 2.48. The molecule has 32 heavy (non-hydrogen) atoms. The van der Waals surface area contributed by atoms with Gasteiger partial charge in [-0.2, -0.15) is 0 Å². The van der Waals surface area contributed by atoms with Gasteiger partial charge in [-0.1, -0.05) is 29.8 Å². The third-order valence-electron chi connectivity index (χ3n) is 7.54. The van der Waals surface area contributed by atoms with Crippen molar-refractivity contribution in [1.29, 1.82) is 0 Å². The number of nitrogens with zero attached hydrogens (tertiary/aromatic N) is 1. The highest BCUT2D eigenvalue weighted by molar-refractivity contribution is 7.89. The van der Waals surface area contributed by atoms with E-state index >= 15 is 4.39 Å². The Morgan fingerprint density at radius 2 is 1.97 bits per heavy atom. The Morgan fingerprint density at radius 1 is 1.19 bits per heavy atom. The van der Waals surface area contributed by atoms with Crippen LogP contribution in [0.5, 0.6) is 0 Å². The normalized spacial score (nSPS) is 24.2. The minimum absolute atomic E-state index is 0.0547. The molecule has 3 aliphatic rings. The smallest absolute Gasteiger partial charge is 0.212 e. The number of primary sulfonamides is 1. The van der Waals surface area contributed by atoms with Crippen molar-refractivity contribution in [3.05, 3.63) is 69.5 Å². The minimum atomic E-state index is -3.71. The highest BCUT2D eigenvalue weighted by Gasteiger charge is 2.40. The van der Waals surface area contributed by atoms with E-state index in [0.29, 0.717) is 11.5 Å².